The van der Waals surface area contributed by atoms with E-state index in [9.17, 15) is 20.2 Å². The van der Waals surface area contributed by atoms with Gasteiger partial charge in [-0.2, -0.15) is 5.26 Å². The molecule has 0 amide bonds. The first-order valence-electron chi connectivity index (χ1n) is 8.42. The number of benzene rings is 2. The molecular weight excluding hydrogens is 390 g/mol. The van der Waals surface area contributed by atoms with Crippen LogP contribution in [0.3, 0.4) is 0 Å². The monoisotopic (exact) mass is 405 g/mol. The van der Waals surface area contributed by atoms with Crippen molar-refractivity contribution in [3.05, 3.63) is 69.8 Å². The van der Waals surface area contributed by atoms with Crippen molar-refractivity contribution >= 4 is 34.7 Å². The van der Waals surface area contributed by atoms with Crippen molar-refractivity contribution in [1.82, 2.24) is 9.97 Å². The largest absolute Gasteiger partial charge is 0.339 e. The summed E-state index contributed by atoms with van der Waals surface area (Å²) in [4.78, 5) is 30.8. The molecule has 9 heteroatoms. The number of hydrogen-bond donors (Lipinski definition) is 1. The minimum atomic E-state index is -0.498. The molecule has 2 aromatic carbocycles. The lowest BCUT2D eigenvalue weighted by molar-refractivity contribution is -0.384. The lowest BCUT2D eigenvalue weighted by Crippen LogP contribution is -2.04. The Balaban J connectivity index is 2.10. The maximum atomic E-state index is 11.4. The molecule has 8 nitrogen and oxygen atoms in total. The third-order valence-electron chi connectivity index (χ3n) is 4.07. The van der Waals surface area contributed by atoms with Crippen LogP contribution in [0, 0.1) is 21.4 Å². The molecule has 1 N–H and O–H groups in total. The van der Waals surface area contributed by atoms with E-state index in [4.69, 9.17) is 0 Å². The molecule has 0 spiro atoms. The predicted octanol–water partition coefficient (Wildman–Crippen LogP) is 4.59. The summed E-state index contributed by atoms with van der Waals surface area (Å²) in [6, 6.07) is 14.8. The van der Waals surface area contributed by atoms with Crippen LogP contribution in [0.1, 0.15) is 22.8 Å². The fourth-order valence-electron chi connectivity index (χ4n) is 2.63. The van der Waals surface area contributed by atoms with Crippen molar-refractivity contribution in [2.75, 3.05) is 11.6 Å². The molecule has 29 heavy (non-hydrogen) atoms. The summed E-state index contributed by atoms with van der Waals surface area (Å²) in [5.41, 5.74) is 2.04. The van der Waals surface area contributed by atoms with Gasteiger partial charge in [-0.15, -0.1) is 0 Å². The highest BCUT2D eigenvalue weighted by Crippen LogP contribution is 2.31. The molecule has 0 saturated carbocycles. The number of non-ortho nitro benzene ring substituents is 1. The van der Waals surface area contributed by atoms with Crippen LogP contribution in [0.2, 0.25) is 0 Å². The minimum Gasteiger partial charge on any atom is -0.339 e. The van der Waals surface area contributed by atoms with Crippen molar-refractivity contribution in [1.29, 1.82) is 5.26 Å². The predicted molar refractivity (Wildman–Crippen MR) is 110 cm³/mol. The van der Waals surface area contributed by atoms with Gasteiger partial charge < -0.3 is 5.32 Å². The zero-order valence-electron chi connectivity index (χ0n) is 15.5. The number of rotatable bonds is 6. The maximum Gasteiger partial charge on any atom is 0.270 e. The number of nitro groups is 1. The number of hydrogen-bond acceptors (Lipinski definition) is 8. The Bertz CT molecular complexity index is 1140. The van der Waals surface area contributed by atoms with Gasteiger partial charge in [-0.25, -0.2) is 9.97 Å². The SMILES string of the molecule is CSc1nc(Nc2ccc(C(C)=O)cc2)c(C#N)c(-c2cccc([N+](=O)[O-])c2)n1. The average molecular weight is 405 g/mol. The number of ketones is 1. The van der Waals surface area contributed by atoms with Crippen LogP contribution in [0.4, 0.5) is 17.2 Å². The number of nitrogens with one attached hydrogen (secondary N) is 1. The standard InChI is InChI=1S/C20H15N5O3S/c1-12(26)13-6-8-15(9-7-13)22-19-17(11-21)18(23-20(24-19)29-2)14-4-3-5-16(10-14)25(27)28/h3-10H,1-2H3,(H,22,23,24). The van der Waals surface area contributed by atoms with Gasteiger partial charge in [0.25, 0.3) is 5.69 Å². The lowest BCUT2D eigenvalue weighted by atomic mass is 10.1. The van der Waals surface area contributed by atoms with Crippen molar-refractivity contribution in [3.63, 3.8) is 0 Å². The average Bonchev–Trinajstić information content (AvgIpc) is 2.73. The van der Waals surface area contributed by atoms with Gasteiger partial charge in [0.15, 0.2) is 16.8 Å². The number of aromatic nitrogens is 2. The van der Waals surface area contributed by atoms with Crippen molar-refractivity contribution in [2.45, 2.75) is 12.1 Å². The second-order valence-corrected chi connectivity index (χ2v) is 6.73. The van der Waals surface area contributed by atoms with E-state index in [2.05, 4.69) is 21.4 Å². The number of carbonyl (C=O) groups is 1. The molecule has 3 rings (SSSR count). The van der Waals surface area contributed by atoms with E-state index in [0.717, 1.165) is 0 Å². The van der Waals surface area contributed by atoms with Crippen LogP contribution in [0.5, 0.6) is 0 Å². The van der Waals surface area contributed by atoms with Crippen LogP contribution in [-0.4, -0.2) is 26.9 Å². The molecule has 1 aromatic heterocycles. The van der Waals surface area contributed by atoms with Gasteiger partial charge in [-0.3, -0.25) is 14.9 Å². The zero-order valence-corrected chi connectivity index (χ0v) is 16.4. The molecule has 0 bridgehead atoms. The molecule has 144 valence electrons. The number of nitrogens with zero attached hydrogens (tertiary/aromatic N) is 4. The van der Waals surface area contributed by atoms with E-state index in [1.54, 1.807) is 42.7 Å². The number of anilines is 2. The van der Waals surface area contributed by atoms with Crippen LogP contribution in [-0.2, 0) is 0 Å². The van der Waals surface area contributed by atoms with Crippen molar-refractivity contribution < 1.29 is 9.72 Å². The van der Waals surface area contributed by atoms with E-state index >= 15 is 0 Å². The Hall–Kier alpha value is -3.77. The molecule has 0 aliphatic carbocycles. The third kappa shape index (κ3) is 4.39. The van der Waals surface area contributed by atoms with Gasteiger partial charge >= 0.3 is 0 Å². The second-order valence-electron chi connectivity index (χ2n) is 5.96. The summed E-state index contributed by atoms with van der Waals surface area (Å²) in [5.74, 6) is 0.234. The summed E-state index contributed by atoms with van der Waals surface area (Å²) in [5, 5.41) is 24.3. The van der Waals surface area contributed by atoms with E-state index < -0.39 is 4.92 Å². The fraction of sp³-hybridized carbons (Fsp3) is 0.100. The second kappa shape index (κ2) is 8.50. The number of Topliss-reactive ketones (excluding diaryl/α,β-unsaturated/α-hetero) is 1. The fourth-order valence-corrected chi connectivity index (χ4v) is 2.99. The van der Waals surface area contributed by atoms with Gasteiger partial charge in [0.05, 0.1) is 10.6 Å². The van der Waals surface area contributed by atoms with Gasteiger partial charge in [0, 0.05) is 28.9 Å². The summed E-state index contributed by atoms with van der Waals surface area (Å²) in [6.45, 7) is 1.48. The van der Waals surface area contributed by atoms with Gasteiger partial charge in [-0.1, -0.05) is 23.9 Å². The van der Waals surface area contributed by atoms with Gasteiger partial charge in [0.1, 0.15) is 11.6 Å². The quantitative estimate of drug-likeness (QED) is 0.208. The van der Waals surface area contributed by atoms with Crippen LogP contribution < -0.4 is 5.32 Å². The van der Waals surface area contributed by atoms with Gasteiger partial charge in [0.2, 0.25) is 0 Å². The first-order valence-corrected chi connectivity index (χ1v) is 9.64. The first-order chi connectivity index (χ1) is 13.9. The molecule has 1 heterocycles. The van der Waals surface area contributed by atoms with E-state index in [0.29, 0.717) is 27.7 Å². The molecule has 0 radical (unpaired) electrons. The molecule has 3 aromatic rings. The molecule has 0 unspecified atom stereocenters. The van der Waals surface area contributed by atoms with E-state index in [-0.39, 0.29) is 22.9 Å². The summed E-state index contributed by atoms with van der Waals surface area (Å²) >= 11 is 1.29. The summed E-state index contributed by atoms with van der Waals surface area (Å²) in [7, 11) is 0. The Morgan fingerprint density at radius 2 is 1.93 bits per heavy atom. The Morgan fingerprint density at radius 3 is 2.52 bits per heavy atom. The Morgan fingerprint density at radius 1 is 1.21 bits per heavy atom. The molecule has 0 saturated heterocycles. The summed E-state index contributed by atoms with van der Waals surface area (Å²) < 4.78 is 0. The molecular formula is C20H15N5O3S. The van der Waals surface area contributed by atoms with E-state index in [1.807, 2.05) is 0 Å². The van der Waals surface area contributed by atoms with Gasteiger partial charge in [-0.05, 0) is 37.4 Å². The topological polar surface area (TPSA) is 122 Å². The molecule has 0 atom stereocenters. The molecule has 0 aliphatic heterocycles. The highest BCUT2D eigenvalue weighted by Gasteiger charge is 2.18. The highest BCUT2D eigenvalue weighted by atomic mass is 32.2. The van der Waals surface area contributed by atoms with Crippen molar-refractivity contribution in [3.8, 4) is 17.3 Å². The highest BCUT2D eigenvalue weighted by molar-refractivity contribution is 7.98. The number of nitriles is 1. The maximum absolute atomic E-state index is 11.4. The van der Waals surface area contributed by atoms with Crippen molar-refractivity contribution in [2.24, 2.45) is 0 Å². The number of nitro benzene ring substituents is 1. The number of carbonyl (C=O) groups excluding carboxylic acids is 1. The Labute approximate surface area is 170 Å². The smallest absolute Gasteiger partial charge is 0.270 e. The molecule has 0 fully saturated rings. The Kier molecular flexibility index (Phi) is 5.85. The van der Waals surface area contributed by atoms with E-state index in [1.165, 1.54) is 30.8 Å². The third-order valence-corrected chi connectivity index (χ3v) is 4.62. The van der Waals surface area contributed by atoms with Crippen LogP contribution in [0.15, 0.2) is 53.7 Å². The number of thioether (sulfide) groups is 1. The normalized spacial score (nSPS) is 10.2. The van der Waals surface area contributed by atoms with Crippen LogP contribution >= 0.6 is 11.8 Å². The zero-order chi connectivity index (χ0) is 21.0. The minimum absolute atomic E-state index is 0.0473. The van der Waals surface area contributed by atoms with Crippen LogP contribution in [0.25, 0.3) is 11.3 Å². The molecule has 0 aliphatic rings. The summed E-state index contributed by atoms with van der Waals surface area (Å²) in [6.07, 6.45) is 1.80. The first kappa shape index (κ1) is 20.0. The lowest BCUT2D eigenvalue weighted by Gasteiger charge is -2.12.